The molecule has 33 heteroatoms. The standard InChI is InChI=1S/C19H28F2O7S.C18H26F2O7S.3C18H15S.C16H28F2O7S/c1-4-16(2,3)14(22)28-18-8-12-5-13(9-18)7-17(6-12,10-18)11-27-15(23)19(20,21)29(24,25)26;1-3-11(2)14(21)27-17-7-12-4-13(8-17)6-16(5-12,9-17)10-26-15(22)18(19,20)28(23,24)25;3*1-4-10-16(11-5-1)19(17-12-6-2-7-13-17)18-14-8-3-9-15-18;1-4-15(2,3)13(19)24-11-9-7-5-6-8-10-12-25-14(20)16(17,18)26(21,22)23/h12-13H,4-11H2,1-3H3,(H,24,25,26);11-13H,3-10H2,1-2H3,(H,23,24,25);3*1-15H;4-12H2,1-3H3,(H,21,22,23)/q;;3*+1;/p-3. The number of halogens is 6. The maximum absolute atomic E-state index is 13.5. The predicted molar refractivity (Wildman–Crippen MR) is 519 cm³/mol. The van der Waals surface area contributed by atoms with Crippen molar-refractivity contribution in [1.29, 1.82) is 0 Å². The van der Waals surface area contributed by atoms with Crippen molar-refractivity contribution in [3.8, 4) is 0 Å². The average Bonchev–Trinajstić information content (AvgIpc) is 0.723. The van der Waals surface area contributed by atoms with Crippen LogP contribution in [0.3, 0.4) is 0 Å². The second kappa shape index (κ2) is 49.4. The molecule has 0 saturated heterocycles. The molecule has 0 amide bonds. The van der Waals surface area contributed by atoms with E-state index in [0.29, 0.717) is 103 Å². The number of ether oxygens (including phenoxy) is 6. The van der Waals surface area contributed by atoms with E-state index in [2.05, 4.69) is 287 Å². The van der Waals surface area contributed by atoms with Crippen molar-refractivity contribution < 1.29 is 122 Å². The number of benzene rings is 9. The predicted octanol–water partition coefficient (Wildman–Crippen LogP) is 22.9. The van der Waals surface area contributed by atoms with Gasteiger partial charge in [-0.1, -0.05) is 217 Å². The van der Waals surface area contributed by atoms with E-state index in [-0.39, 0.29) is 93.2 Å². The highest BCUT2D eigenvalue weighted by atomic mass is 32.2. The first kappa shape index (κ1) is 112. The molecule has 9 aromatic rings. The van der Waals surface area contributed by atoms with Gasteiger partial charge in [0.25, 0.3) is 0 Å². The molecule has 140 heavy (non-hydrogen) atoms. The number of carbonyl (C=O) groups is 6. The van der Waals surface area contributed by atoms with Crippen LogP contribution >= 0.6 is 0 Å². The van der Waals surface area contributed by atoms with E-state index >= 15 is 0 Å². The summed E-state index contributed by atoms with van der Waals surface area (Å²) < 4.78 is 204. The van der Waals surface area contributed by atoms with Crippen molar-refractivity contribution in [1.82, 2.24) is 0 Å². The Morgan fingerprint density at radius 2 is 0.543 bits per heavy atom. The molecule has 8 aliphatic carbocycles. The number of rotatable bonds is 36. The molecule has 0 N–H and O–H groups in total. The number of hydrogen-bond donors (Lipinski definition) is 0. The van der Waals surface area contributed by atoms with Gasteiger partial charge in [-0.05, 0) is 270 Å². The molecule has 0 heterocycles. The first-order valence-electron chi connectivity index (χ1n) is 47.0. The molecule has 5 unspecified atom stereocenters. The molecule has 5 atom stereocenters. The maximum atomic E-state index is 13.5. The van der Waals surface area contributed by atoms with Gasteiger partial charge in [0.05, 0.1) is 75.9 Å². The van der Waals surface area contributed by atoms with E-state index in [1.54, 1.807) is 20.8 Å². The van der Waals surface area contributed by atoms with Crippen LogP contribution in [0.25, 0.3) is 0 Å². The minimum Gasteiger partial charge on any atom is -0.743 e. The van der Waals surface area contributed by atoms with Crippen LogP contribution in [0.1, 0.15) is 190 Å². The highest BCUT2D eigenvalue weighted by molar-refractivity contribution is 7.97. The van der Waals surface area contributed by atoms with E-state index in [1.807, 2.05) is 34.6 Å². The number of carbonyl (C=O) groups excluding carboxylic acids is 6. The third-order valence-corrected chi connectivity index (χ3v) is 35.3. The Hall–Kier alpha value is -9.84. The zero-order valence-electron chi connectivity index (χ0n) is 79.8. The van der Waals surface area contributed by atoms with Crippen molar-refractivity contribution in [2.24, 2.45) is 51.2 Å². The van der Waals surface area contributed by atoms with Crippen molar-refractivity contribution in [3.05, 3.63) is 273 Å². The third kappa shape index (κ3) is 30.2. The number of hydrogen-bond acceptors (Lipinski definition) is 21. The maximum Gasteiger partial charge on any atom is 0.428 e. The molecule has 0 aliphatic heterocycles. The van der Waals surface area contributed by atoms with E-state index in [9.17, 15) is 94.0 Å². The molecule has 8 fully saturated rings. The van der Waals surface area contributed by atoms with E-state index < -0.39 is 110 Å². The zero-order chi connectivity index (χ0) is 102. The fraction of sp³-hybridized carbons (Fsp3) is 0.439. The summed E-state index contributed by atoms with van der Waals surface area (Å²) in [5, 5.41) is -15.3. The Labute approximate surface area is 827 Å². The van der Waals surface area contributed by atoms with Gasteiger partial charge in [-0.25, -0.2) is 39.6 Å². The van der Waals surface area contributed by atoms with Crippen LogP contribution in [0, 0.1) is 51.2 Å². The van der Waals surface area contributed by atoms with Crippen LogP contribution in [0.5, 0.6) is 0 Å². The molecule has 17 rings (SSSR count). The topological polar surface area (TPSA) is 329 Å². The van der Waals surface area contributed by atoms with Crippen LogP contribution in [0.4, 0.5) is 26.3 Å². The first-order valence-corrected chi connectivity index (χ1v) is 54.9. The van der Waals surface area contributed by atoms with Crippen LogP contribution in [0.15, 0.2) is 317 Å². The van der Waals surface area contributed by atoms with Crippen LogP contribution in [-0.2, 0) is 120 Å². The summed E-state index contributed by atoms with van der Waals surface area (Å²) in [6.07, 6.45) is 13.9. The Morgan fingerprint density at radius 1 is 0.329 bits per heavy atom. The Bertz CT molecular complexity index is 5260. The van der Waals surface area contributed by atoms with Crippen LogP contribution in [-0.4, -0.2) is 128 Å². The summed E-state index contributed by atoms with van der Waals surface area (Å²) in [6.45, 7) is 13.9. The monoisotopic (exact) mass is 2050 g/mol. The Balaban J connectivity index is 0.000000174. The van der Waals surface area contributed by atoms with Crippen LogP contribution < -0.4 is 0 Å². The second-order valence-electron chi connectivity index (χ2n) is 38.1. The number of esters is 6. The normalized spacial score (nSPS) is 20.8. The van der Waals surface area contributed by atoms with Gasteiger partial charge in [0.2, 0.25) is 0 Å². The molecule has 756 valence electrons. The Morgan fingerprint density at radius 3 is 0.771 bits per heavy atom. The molecule has 8 saturated carbocycles. The van der Waals surface area contributed by atoms with Gasteiger partial charge < -0.3 is 42.1 Å². The van der Waals surface area contributed by atoms with Gasteiger partial charge in [-0.2, -0.15) is 26.3 Å². The van der Waals surface area contributed by atoms with Gasteiger partial charge in [-0.15, -0.1) is 0 Å². The zero-order valence-corrected chi connectivity index (χ0v) is 84.7. The molecule has 0 spiro atoms. The fourth-order valence-corrected chi connectivity index (χ4v) is 26.2. The SMILES string of the molecule is CCC(C)(C)C(=O)OC12CC3CC(CC(COC(=O)C(F)(F)S(=O)(=O)[O-])(C3)C1)C2.CCC(C)(C)C(=O)OCCCCCCCCOC(=O)C(F)(F)S(=O)(=O)[O-].CCC(C)C(=O)OC12CC3CC(CC(COC(=O)C(F)(F)S(=O)(=O)[O-])(C3)C1)C2.c1ccc([S+](c2ccccc2)c2ccccc2)cc1.c1ccc([S+](c2ccccc2)c2ccccc2)cc1.c1ccc([S+](c2ccccc2)c2ccccc2)cc1. The van der Waals surface area contributed by atoms with Gasteiger partial charge in [0.1, 0.15) is 11.2 Å². The van der Waals surface area contributed by atoms with E-state index in [4.69, 9.17) is 14.2 Å². The molecular formula is C107H124F6O21S6. The Kier molecular flexibility index (Phi) is 39.6. The van der Waals surface area contributed by atoms with Crippen molar-refractivity contribution in [2.75, 3.05) is 26.4 Å². The second-order valence-corrected chi connectivity index (χ2v) is 48.4. The highest BCUT2D eigenvalue weighted by Crippen LogP contribution is 2.65. The fourth-order valence-electron chi connectivity index (χ4n) is 19.1. The van der Waals surface area contributed by atoms with Gasteiger partial charge in [-0.3, -0.25) is 14.4 Å². The summed E-state index contributed by atoms with van der Waals surface area (Å²) in [4.78, 5) is 83.0. The average molecular weight is 2050 g/mol. The lowest BCUT2D eigenvalue weighted by Gasteiger charge is -2.61. The lowest BCUT2D eigenvalue weighted by molar-refractivity contribution is -0.218. The third-order valence-electron chi connectivity index (χ3n) is 26.3. The summed E-state index contributed by atoms with van der Waals surface area (Å²) in [6, 6.07) is 96.5. The molecular weight excluding hydrogens is 1930 g/mol. The molecule has 9 aromatic carbocycles. The molecule has 0 radical (unpaired) electrons. The van der Waals surface area contributed by atoms with E-state index in [1.165, 1.54) is 44.1 Å². The van der Waals surface area contributed by atoms with Gasteiger partial charge in [0, 0.05) is 10.8 Å². The lowest BCUT2D eigenvalue weighted by Crippen LogP contribution is -2.59. The number of alkyl halides is 6. The highest BCUT2D eigenvalue weighted by Gasteiger charge is 2.63. The smallest absolute Gasteiger partial charge is 0.428 e. The molecule has 21 nitrogen and oxygen atoms in total. The van der Waals surface area contributed by atoms with Gasteiger partial charge >= 0.3 is 51.6 Å². The summed E-state index contributed by atoms with van der Waals surface area (Å²) in [7, 11) is -18.4. The molecule has 8 bridgehead atoms. The quantitative estimate of drug-likeness (QED) is 0.00879. The summed E-state index contributed by atoms with van der Waals surface area (Å²) in [5.41, 5.74) is -3.83. The summed E-state index contributed by atoms with van der Waals surface area (Å²) in [5.74, 6) is -7.20. The number of unbranched alkanes of at least 4 members (excludes halogenated alkanes) is 5. The van der Waals surface area contributed by atoms with E-state index in [0.717, 1.165) is 32.1 Å². The van der Waals surface area contributed by atoms with Crippen molar-refractivity contribution in [2.45, 2.75) is 261 Å². The first-order chi connectivity index (χ1) is 66.2. The molecule has 0 aromatic heterocycles. The summed E-state index contributed by atoms with van der Waals surface area (Å²) >= 11 is 0. The minimum atomic E-state index is -6.15. The minimum absolute atomic E-state index is 0.0146. The largest absolute Gasteiger partial charge is 0.743 e. The van der Waals surface area contributed by atoms with Crippen molar-refractivity contribution >= 4 is 98.9 Å². The molecule has 8 aliphatic rings. The van der Waals surface area contributed by atoms with Crippen molar-refractivity contribution in [3.63, 3.8) is 0 Å². The van der Waals surface area contributed by atoms with Gasteiger partial charge in [0.15, 0.2) is 74.4 Å². The van der Waals surface area contributed by atoms with Crippen LogP contribution in [0.2, 0.25) is 0 Å². The lowest BCUT2D eigenvalue weighted by atomic mass is 9.48.